The van der Waals surface area contributed by atoms with Gasteiger partial charge in [0.2, 0.25) is 0 Å². The fourth-order valence-corrected chi connectivity index (χ4v) is 2.64. The molecule has 0 saturated heterocycles. The SMILES string of the molecule is CCCC[N+](CCCC)(CCCC)CCCC.NC(=O)O. The molecule has 4 heteroatoms. The van der Waals surface area contributed by atoms with Crippen molar-refractivity contribution in [3.63, 3.8) is 0 Å². The lowest BCUT2D eigenvalue weighted by Crippen LogP contribution is -2.50. The van der Waals surface area contributed by atoms with Gasteiger partial charge in [-0.25, -0.2) is 4.79 Å². The van der Waals surface area contributed by atoms with Crippen molar-refractivity contribution < 1.29 is 14.4 Å². The minimum Gasteiger partial charge on any atom is -0.465 e. The lowest BCUT2D eigenvalue weighted by atomic mass is 10.1. The molecule has 0 aliphatic rings. The second kappa shape index (κ2) is 15.6. The Hall–Kier alpha value is -0.770. The highest BCUT2D eigenvalue weighted by Gasteiger charge is 2.24. The number of hydrogen-bond acceptors (Lipinski definition) is 1. The van der Waals surface area contributed by atoms with E-state index in [0.717, 1.165) is 0 Å². The highest BCUT2D eigenvalue weighted by Crippen LogP contribution is 2.16. The van der Waals surface area contributed by atoms with Gasteiger partial charge in [0.1, 0.15) is 0 Å². The summed E-state index contributed by atoms with van der Waals surface area (Å²) >= 11 is 0. The molecule has 0 fully saturated rings. The van der Waals surface area contributed by atoms with Gasteiger partial charge in [0.25, 0.3) is 0 Å². The van der Waals surface area contributed by atoms with Crippen LogP contribution in [0.5, 0.6) is 0 Å². The average Bonchev–Trinajstić information content (AvgIpc) is 2.45. The minimum absolute atomic E-state index is 1.33. The lowest BCUT2D eigenvalue weighted by Gasteiger charge is -2.39. The number of carboxylic acid groups (broad SMARTS) is 1. The molecule has 0 atom stereocenters. The van der Waals surface area contributed by atoms with Gasteiger partial charge >= 0.3 is 6.09 Å². The Morgan fingerprint density at radius 3 is 1.10 bits per heavy atom. The maximum absolute atomic E-state index is 8.78. The van der Waals surface area contributed by atoms with Gasteiger partial charge in [-0.2, -0.15) is 0 Å². The van der Waals surface area contributed by atoms with Crippen LogP contribution in [0, 0.1) is 0 Å². The standard InChI is InChI=1S/C16H36N.CH3NO2/c1-5-9-13-17(14-10-6-2,15-11-7-3)16-12-8-4;2-1(3)4/h5-16H2,1-4H3;2H2,(H,3,4)/q+1;. The molecule has 0 aromatic carbocycles. The van der Waals surface area contributed by atoms with Crippen LogP contribution in [0.25, 0.3) is 0 Å². The maximum atomic E-state index is 8.78. The van der Waals surface area contributed by atoms with Crippen LogP contribution in [-0.2, 0) is 0 Å². The van der Waals surface area contributed by atoms with Crippen molar-refractivity contribution in [2.75, 3.05) is 26.2 Å². The molecule has 21 heavy (non-hydrogen) atoms. The number of rotatable bonds is 12. The van der Waals surface area contributed by atoms with Crippen LogP contribution in [0.4, 0.5) is 4.79 Å². The van der Waals surface area contributed by atoms with E-state index in [1.54, 1.807) is 0 Å². The van der Waals surface area contributed by atoms with Crippen LogP contribution in [-0.4, -0.2) is 41.9 Å². The van der Waals surface area contributed by atoms with E-state index in [1.807, 2.05) is 0 Å². The Kier molecular flexibility index (Phi) is 16.7. The van der Waals surface area contributed by atoms with Gasteiger partial charge in [0.05, 0.1) is 26.2 Å². The van der Waals surface area contributed by atoms with Crippen molar-refractivity contribution in [1.82, 2.24) is 0 Å². The summed E-state index contributed by atoms with van der Waals surface area (Å²) in [6.07, 6.45) is 9.73. The third-order valence-corrected chi connectivity index (χ3v) is 3.94. The van der Waals surface area contributed by atoms with E-state index in [2.05, 4.69) is 33.4 Å². The molecule has 1 amide bonds. The van der Waals surface area contributed by atoms with Gasteiger partial charge in [-0.05, 0) is 25.7 Å². The number of carbonyl (C=O) groups is 1. The molecule has 0 rings (SSSR count). The van der Waals surface area contributed by atoms with Crippen LogP contribution < -0.4 is 5.73 Å². The Bertz CT molecular complexity index is 191. The minimum atomic E-state index is -1.33. The summed E-state index contributed by atoms with van der Waals surface area (Å²) in [7, 11) is 0. The number of nitrogens with zero attached hydrogens (tertiary/aromatic N) is 1. The number of hydrogen-bond donors (Lipinski definition) is 2. The van der Waals surface area contributed by atoms with Crippen LogP contribution in [0.3, 0.4) is 0 Å². The quantitative estimate of drug-likeness (QED) is 0.516. The molecule has 3 N–H and O–H groups in total. The number of quaternary nitrogens is 1. The summed E-state index contributed by atoms with van der Waals surface area (Å²) in [5.41, 5.74) is 4.03. The molecular weight excluding hydrogens is 264 g/mol. The van der Waals surface area contributed by atoms with E-state index in [4.69, 9.17) is 9.90 Å². The summed E-state index contributed by atoms with van der Waals surface area (Å²) in [5.74, 6) is 0. The molecule has 0 bridgehead atoms. The Morgan fingerprint density at radius 1 is 0.762 bits per heavy atom. The van der Waals surface area contributed by atoms with Crippen molar-refractivity contribution in [3.05, 3.63) is 0 Å². The first-order chi connectivity index (χ1) is 9.97. The average molecular weight is 304 g/mol. The number of primary amides is 1. The largest absolute Gasteiger partial charge is 0.465 e. The van der Waals surface area contributed by atoms with Gasteiger partial charge in [-0.1, -0.05) is 53.4 Å². The highest BCUT2D eigenvalue weighted by molar-refractivity contribution is 5.61. The van der Waals surface area contributed by atoms with E-state index >= 15 is 0 Å². The van der Waals surface area contributed by atoms with Crippen LogP contribution in [0.15, 0.2) is 0 Å². The molecule has 0 aliphatic heterocycles. The van der Waals surface area contributed by atoms with E-state index in [-0.39, 0.29) is 0 Å². The molecule has 4 nitrogen and oxygen atoms in total. The maximum Gasteiger partial charge on any atom is 0.402 e. The molecule has 0 unspecified atom stereocenters. The zero-order valence-electron chi connectivity index (χ0n) is 14.9. The second-order valence-corrected chi connectivity index (χ2v) is 5.99. The van der Waals surface area contributed by atoms with Crippen molar-refractivity contribution in [3.8, 4) is 0 Å². The molecule has 0 radical (unpaired) electrons. The first kappa shape index (κ1) is 22.5. The van der Waals surface area contributed by atoms with Crippen LogP contribution in [0.1, 0.15) is 79.1 Å². The van der Waals surface area contributed by atoms with Crippen molar-refractivity contribution in [2.45, 2.75) is 79.1 Å². The van der Waals surface area contributed by atoms with E-state index < -0.39 is 6.09 Å². The number of unbranched alkanes of at least 4 members (excludes halogenated alkanes) is 4. The molecule has 0 aromatic rings. The molecule has 128 valence electrons. The zero-order chi connectivity index (χ0) is 16.6. The molecule has 0 heterocycles. The topological polar surface area (TPSA) is 63.3 Å². The third-order valence-electron chi connectivity index (χ3n) is 3.94. The normalized spacial score (nSPS) is 10.9. The Balaban J connectivity index is 0. The first-order valence-corrected chi connectivity index (χ1v) is 8.81. The molecule has 0 saturated carbocycles. The molecule has 0 aliphatic carbocycles. The van der Waals surface area contributed by atoms with E-state index in [9.17, 15) is 0 Å². The molecule has 0 aromatic heterocycles. The summed E-state index contributed by atoms with van der Waals surface area (Å²) in [6, 6.07) is 0. The second-order valence-electron chi connectivity index (χ2n) is 5.99. The van der Waals surface area contributed by atoms with Gasteiger partial charge in [-0.15, -0.1) is 0 Å². The van der Waals surface area contributed by atoms with Crippen LogP contribution >= 0.6 is 0 Å². The molecule has 0 spiro atoms. The fourth-order valence-electron chi connectivity index (χ4n) is 2.64. The predicted octanol–water partition coefficient (Wildman–Crippen LogP) is 4.63. The first-order valence-electron chi connectivity index (χ1n) is 8.81. The smallest absolute Gasteiger partial charge is 0.402 e. The van der Waals surface area contributed by atoms with Gasteiger partial charge in [-0.3, -0.25) is 0 Å². The highest BCUT2D eigenvalue weighted by atomic mass is 16.4. The van der Waals surface area contributed by atoms with Gasteiger partial charge in [0.15, 0.2) is 0 Å². The lowest BCUT2D eigenvalue weighted by molar-refractivity contribution is -0.929. The number of nitrogens with two attached hydrogens (primary N) is 1. The van der Waals surface area contributed by atoms with Gasteiger partial charge in [0, 0.05) is 0 Å². The van der Waals surface area contributed by atoms with Gasteiger partial charge < -0.3 is 15.3 Å². The van der Waals surface area contributed by atoms with Crippen molar-refractivity contribution in [1.29, 1.82) is 0 Å². The summed E-state index contributed by atoms with van der Waals surface area (Å²) in [4.78, 5) is 8.78. The summed E-state index contributed by atoms with van der Waals surface area (Å²) < 4.78 is 1.42. The summed E-state index contributed by atoms with van der Waals surface area (Å²) in [5, 5.41) is 7.19. The van der Waals surface area contributed by atoms with E-state index in [1.165, 1.54) is 82.0 Å². The Morgan fingerprint density at radius 2 is 0.952 bits per heavy atom. The zero-order valence-corrected chi connectivity index (χ0v) is 14.9. The number of amides is 1. The van der Waals surface area contributed by atoms with Crippen LogP contribution in [0.2, 0.25) is 0 Å². The fraction of sp³-hybridized carbons (Fsp3) is 0.941. The van der Waals surface area contributed by atoms with Crippen molar-refractivity contribution >= 4 is 6.09 Å². The predicted molar refractivity (Wildman–Crippen MR) is 91.6 cm³/mol. The third kappa shape index (κ3) is 15.4. The summed E-state index contributed by atoms with van der Waals surface area (Å²) in [6.45, 7) is 15.0. The van der Waals surface area contributed by atoms with Crippen molar-refractivity contribution in [2.24, 2.45) is 5.73 Å². The van der Waals surface area contributed by atoms with E-state index in [0.29, 0.717) is 0 Å². The molecular formula is C17H39N2O2+. The Labute approximate surface area is 132 Å². The monoisotopic (exact) mass is 303 g/mol.